The van der Waals surface area contributed by atoms with Gasteiger partial charge in [-0.05, 0) is 37.0 Å². The zero-order valence-electron chi connectivity index (χ0n) is 9.83. The van der Waals surface area contributed by atoms with E-state index in [0.29, 0.717) is 12.6 Å². The zero-order chi connectivity index (χ0) is 11.4. The monoisotopic (exact) mass is 220 g/mol. The fourth-order valence-corrected chi connectivity index (χ4v) is 1.90. The molecule has 0 bridgehead atoms. The Morgan fingerprint density at radius 1 is 1.50 bits per heavy atom. The molecule has 0 saturated heterocycles. The van der Waals surface area contributed by atoms with Crippen LogP contribution in [0, 0.1) is 0 Å². The van der Waals surface area contributed by atoms with Crippen LogP contribution < -0.4 is 15.8 Å². The predicted molar refractivity (Wildman–Crippen MR) is 65.6 cm³/mol. The average molecular weight is 220 g/mol. The zero-order valence-corrected chi connectivity index (χ0v) is 9.83. The maximum absolute atomic E-state index is 5.58. The Labute approximate surface area is 97.0 Å². The van der Waals surface area contributed by atoms with Gasteiger partial charge in [-0.15, -0.1) is 0 Å². The third kappa shape index (κ3) is 2.74. The molecular formula is C13H20N2O. The molecule has 3 heteroatoms. The van der Waals surface area contributed by atoms with Crippen molar-refractivity contribution < 1.29 is 4.74 Å². The fraction of sp³-hybridized carbons (Fsp3) is 0.538. The maximum Gasteiger partial charge on any atom is 0.122 e. The molecule has 1 heterocycles. The van der Waals surface area contributed by atoms with Gasteiger partial charge in [-0.2, -0.15) is 0 Å². The number of rotatable bonds is 4. The molecule has 1 aromatic carbocycles. The molecule has 0 spiro atoms. The lowest BCUT2D eigenvalue weighted by molar-refractivity contribution is 0.288. The summed E-state index contributed by atoms with van der Waals surface area (Å²) in [6, 6.07) is 6.82. The van der Waals surface area contributed by atoms with Gasteiger partial charge in [0.1, 0.15) is 5.75 Å². The first-order valence-electron chi connectivity index (χ1n) is 5.97. The summed E-state index contributed by atoms with van der Waals surface area (Å²) in [5.74, 6) is 1.06. The van der Waals surface area contributed by atoms with Gasteiger partial charge in [-0.25, -0.2) is 0 Å². The van der Waals surface area contributed by atoms with Gasteiger partial charge in [-0.3, -0.25) is 0 Å². The highest BCUT2D eigenvalue weighted by Gasteiger charge is 2.10. The minimum atomic E-state index is 0.368. The highest BCUT2D eigenvalue weighted by atomic mass is 16.5. The molecule has 0 radical (unpaired) electrons. The second kappa shape index (κ2) is 5.32. The second-order valence-electron chi connectivity index (χ2n) is 4.41. The summed E-state index contributed by atoms with van der Waals surface area (Å²) >= 11 is 0. The molecule has 1 aromatic rings. The number of benzene rings is 1. The van der Waals surface area contributed by atoms with Crippen molar-refractivity contribution in [1.82, 2.24) is 5.32 Å². The van der Waals surface area contributed by atoms with Crippen molar-refractivity contribution in [1.29, 1.82) is 0 Å². The average Bonchev–Trinajstić information content (AvgIpc) is 2.35. The van der Waals surface area contributed by atoms with Crippen molar-refractivity contribution >= 4 is 0 Å². The number of hydrogen-bond acceptors (Lipinski definition) is 3. The molecular weight excluding hydrogens is 200 g/mol. The molecule has 0 aromatic heterocycles. The normalized spacial score (nSPS) is 16.4. The molecule has 3 N–H and O–H groups in total. The predicted octanol–water partition coefficient (Wildman–Crippen LogP) is 1.45. The van der Waals surface area contributed by atoms with Crippen LogP contribution >= 0.6 is 0 Å². The summed E-state index contributed by atoms with van der Waals surface area (Å²) in [4.78, 5) is 0. The Kier molecular flexibility index (Phi) is 3.80. The Hall–Kier alpha value is -1.06. The van der Waals surface area contributed by atoms with E-state index >= 15 is 0 Å². The highest BCUT2D eigenvalue weighted by Crippen LogP contribution is 2.25. The van der Waals surface area contributed by atoms with Crippen LogP contribution in [-0.4, -0.2) is 19.2 Å². The van der Waals surface area contributed by atoms with E-state index in [2.05, 4.69) is 30.4 Å². The first-order chi connectivity index (χ1) is 7.79. The minimum Gasteiger partial charge on any atom is -0.493 e. The molecule has 16 heavy (non-hydrogen) atoms. The number of nitrogens with two attached hydrogens (primary N) is 1. The Morgan fingerprint density at radius 2 is 2.38 bits per heavy atom. The van der Waals surface area contributed by atoms with Crippen molar-refractivity contribution in [3.05, 3.63) is 29.3 Å². The van der Waals surface area contributed by atoms with Crippen LogP contribution in [0.1, 0.15) is 24.5 Å². The molecule has 1 aliphatic heterocycles. The summed E-state index contributed by atoms with van der Waals surface area (Å²) in [5.41, 5.74) is 8.21. The number of fused-ring (bicyclic) bond motifs is 1. The van der Waals surface area contributed by atoms with Crippen LogP contribution in [0.15, 0.2) is 18.2 Å². The topological polar surface area (TPSA) is 47.3 Å². The lowest BCUT2D eigenvalue weighted by Crippen LogP contribution is -2.32. The second-order valence-corrected chi connectivity index (χ2v) is 4.41. The third-order valence-corrected chi connectivity index (χ3v) is 2.98. The summed E-state index contributed by atoms with van der Waals surface area (Å²) in [7, 11) is 0. The van der Waals surface area contributed by atoms with E-state index in [4.69, 9.17) is 10.5 Å². The summed E-state index contributed by atoms with van der Waals surface area (Å²) in [5, 5.41) is 3.39. The molecule has 0 fully saturated rings. The van der Waals surface area contributed by atoms with Crippen LogP contribution in [0.25, 0.3) is 0 Å². The summed E-state index contributed by atoms with van der Waals surface area (Å²) < 4.78 is 5.58. The lowest BCUT2D eigenvalue weighted by atomic mass is 10.0. The van der Waals surface area contributed by atoms with Crippen molar-refractivity contribution in [3.8, 4) is 5.75 Å². The van der Waals surface area contributed by atoms with Gasteiger partial charge in [0.15, 0.2) is 0 Å². The SMILES string of the molecule is CC(CN)NCc1ccc2c(c1)CCCO2. The fourth-order valence-electron chi connectivity index (χ4n) is 1.90. The van der Waals surface area contributed by atoms with Gasteiger partial charge in [-0.1, -0.05) is 12.1 Å². The van der Waals surface area contributed by atoms with E-state index in [1.165, 1.54) is 11.1 Å². The quantitative estimate of drug-likeness (QED) is 0.807. The maximum atomic E-state index is 5.58. The van der Waals surface area contributed by atoms with Gasteiger partial charge in [0.25, 0.3) is 0 Å². The standard InChI is InChI=1S/C13H20N2O/c1-10(8-14)15-9-11-4-5-13-12(7-11)3-2-6-16-13/h4-5,7,10,15H,2-3,6,8-9,14H2,1H3. The van der Waals surface area contributed by atoms with Crippen molar-refractivity contribution in [3.63, 3.8) is 0 Å². The molecule has 0 amide bonds. The molecule has 0 saturated carbocycles. The minimum absolute atomic E-state index is 0.368. The molecule has 0 aliphatic carbocycles. The third-order valence-electron chi connectivity index (χ3n) is 2.98. The van der Waals surface area contributed by atoms with E-state index in [0.717, 1.165) is 31.7 Å². The largest absolute Gasteiger partial charge is 0.493 e. The number of hydrogen-bond donors (Lipinski definition) is 2. The van der Waals surface area contributed by atoms with Crippen molar-refractivity contribution in [2.45, 2.75) is 32.4 Å². The van der Waals surface area contributed by atoms with E-state index < -0.39 is 0 Å². The summed E-state index contributed by atoms with van der Waals surface area (Å²) in [6.07, 6.45) is 2.26. The number of nitrogens with one attached hydrogen (secondary N) is 1. The molecule has 3 nitrogen and oxygen atoms in total. The van der Waals surface area contributed by atoms with Gasteiger partial charge < -0.3 is 15.8 Å². The van der Waals surface area contributed by atoms with E-state index in [9.17, 15) is 0 Å². The van der Waals surface area contributed by atoms with E-state index in [-0.39, 0.29) is 0 Å². The molecule has 1 atom stereocenters. The Morgan fingerprint density at radius 3 is 3.19 bits per heavy atom. The molecule has 1 unspecified atom stereocenters. The van der Waals surface area contributed by atoms with Crippen LogP contribution in [0.2, 0.25) is 0 Å². The summed E-state index contributed by atoms with van der Waals surface area (Å²) in [6.45, 7) is 4.51. The lowest BCUT2D eigenvalue weighted by Gasteiger charge is -2.18. The first kappa shape index (κ1) is 11.4. The Bertz CT molecular complexity index is 352. The molecule has 2 rings (SSSR count). The number of ether oxygens (including phenoxy) is 1. The first-order valence-corrected chi connectivity index (χ1v) is 5.97. The van der Waals surface area contributed by atoms with Crippen molar-refractivity contribution in [2.75, 3.05) is 13.2 Å². The van der Waals surface area contributed by atoms with Crippen LogP contribution in [0.3, 0.4) is 0 Å². The van der Waals surface area contributed by atoms with Gasteiger partial charge in [0.2, 0.25) is 0 Å². The smallest absolute Gasteiger partial charge is 0.122 e. The highest BCUT2D eigenvalue weighted by molar-refractivity contribution is 5.38. The molecule has 88 valence electrons. The van der Waals surface area contributed by atoms with Gasteiger partial charge >= 0.3 is 0 Å². The Balaban J connectivity index is 2.00. The van der Waals surface area contributed by atoms with Gasteiger partial charge in [0.05, 0.1) is 6.61 Å². The van der Waals surface area contributed by atoms with Crippen molar-refractivity contribution in [2.24, 2.45) is 5.73 Å². The van der Waals surface area contributed by atoms with E-state index in [1.54, 1.807) is 0 Å². The van der Waals surface area contributed by atoms with Gasteiger partial charge in [0, 0.05) is 19.1 Å². The number of aryl methyl sites for hydroxylation is 1. The van der Waals surface area contributed by atoms with Crippen LogP contribution in [0.4, 0.5) is 0 Å². The van der Waals surface area contributed by atoms with Crippen LogP contribution in [0.5, 0.6) is 5.75 Å². The molecule has 1 aliphatic rings. The van der Waals surface area contributed by atoms with Crippen LogP contribution in [-0.2, 0) is 13.0 Å². The van der Waals surface area contributed by atoms with E-state index in [1.807, 2.05) is 0 Å².